The summed E-state index contributed by atoms with van der Waals surface area (Å²) in [7, 11) is 0. The predicted molar refractivity (Wildman–Crippen MR) is 79.6 cm³/mol. The van der Waals surface area contributed by atoms with Crippen molar-refractivity contribution in [2.24, 2.45) is 0 Å². The Kier molecular flexibility index (Phi) is 5.04. The van der Waals surface area contributed by atoms with Crippen LogP contribution >= 0.6 is 34.8 Å². The van der Waals surface area contributed by atoms with Crippen molar-refractivity contribution in [1.82, 2.24) is 0 Å². The molecule has 0 aliphatic heterocycles. The van der Waals surface area contributed by atoms with Gasteiger partial charge < -0.3 is 5.32 Å². The molecule has 1 aromatic carbocycles. The van der Waals surface area contributed by atoms with Crippen molar-refractivity contribution in [2.45, 2.75) is 24.6 Å². The van der Waals surface area contributed by atoms with Crippen LogP contribution in [0.25, 0.3) is 0 Å². The summed E-state index contributed by atoms with van der Waals surface area (Å²) < 4.78 is -2.18. The van der Waals surface area contributed by atoms with E-state index in [9.17, 15) is 14.9 Å². The molecule has 0 atom stereocenters. The van der Waals surface area contributed by atoms with E-state index >= 15 is 0 Å². The Morgan fingerprint density at radius 3 is 2.25 bits per heavy atom. The minimum atomic E-state index is -2.18. The van der Waals surface area contributed by atoms with Crippen LogP contribution in [0.2, 0.25) is 0 Å². The highest BCUT2D eigenvalue weighted by Gasteiger charge is 2.32. The molecule has 4 nitrogen and oxygen atoms in total. The maximum Gasteiger partial charge on any atom is 0.276 e. The maximum atomic E-state index is 11.7. The zero-order valence-electron chi connectivity index (χ0n) is 11.0. The highest BCUT2D eigenvalue weighted by atomic mass is 35.6. The van der Waals surface area contributed by atoms with E-state index in [0.29, 0.717) is 5.56 Å². The third-order valence-electron chi connectivity index (χ3n) is 2.83. The second-order valence-electron chi connectivity index (χ2n) is 4.24. The second-order valence-corrected chi connectivity index (χ2v) is 6.52. The zero-order chi connectivity index (χ0) is 15.7. The Morgan fingerprint density at radius 2 is 1.85 bits per heavy atom. The molecule has 7 heteroatoms. The second kappa shape index (κ2) is 6.01. The number of ketones is 1. The number of carbonyl (C=O) groups is 2. The van der Waals surface area contributed by atoms with Crippen molar-refractivity contribution >= 4 is 52.2 Å². The monoisotopic (exact) mass is 332 g/mol. The molecule has 0 radical (unpaired) electrons. The van der Waals surface area contributed by atoms with Crippen molar-refractivity contribution in [3.63, 3.8) is 0 Å². The molecule has 0 saturated heterocycles. The van der Waals surface area contributed by atoms with Crippen molar-refractivity contribution in [3.05, 3.63) is 28.3 Å². The number of benzene rings is 1. The molecular formula is C13H11Cl3N2O2. The van der Waals surface area contributed by atoms with Gasteiger partial charge in [-0.15, -0.1) is 0 Å². The van der Waals surface area contributed by atoms with E-state index in [1.807, 2.05) is 6.07 Å². The Morgan fingerprint density at radius 1 is 1.30 bits per heavy atom. The maximum absolute atomic E-state index is 11.7. The number of halogens is 3. The molecule has 1 N–H and O–H groups in total. The Balaban J connectivity index is 3.51. The van der Waals surface area contributed by atoms with Gasteiger partial charge in [0.1, 0.15) is 6.07 Å². The van der Waals surface area contributed by atoms with Crippen molar-refractivity contribution < 1.29 is 9.59 Å². The number of nitriles is 1. The molecule has 0 aliphatic rings. The zero-order valence-corrected chi connectivity index (χ0v) is 13.2. The van der Waals surface area contributed by atoms with Gasteiger partial charge in [-0.3, -0.25) is 9.59 Å². The van der Waals surface area contributed by atoms with Gasteiger partial charge in [0.15, 0.2) is 5.78 Å². The van der Waals surface area contributed by atoms with E-state index < -0.39 is 9.70 Å². The molecule has 0 saturated carbocycles. The predicted octanol–water partition coefficient (Wildman–Crippen LogP) is 3.69. The molecule has 106 valence electrons. The van der Waals surface area contributed by atoms with E-state index in [0.717, 1.165) is 5.56 Å². The number of aryl methyl sites for hydroxylation is 1. The van der Waals surface area contributed by atoms with Gasteiger partial charge >= 0.3 is 0 Å². The first-order chi connectivity index (χ1) is 9.09. The first-order valence-corrected chi connectivity index (χ1v) is 6.66. The smallest absolute Gasteiger partial charge is 0.276 e. The summed E-state index contributed by atoms with van der Waals surface area (Å²) in [6.45, 7) is 4.81. The summed E-state index contributed by atoms with van der Waals surface area (Å²) in [6, 6.07) is 3.55. The number of nitrogens with one attached hydrogen (secondary N) is 1. The molecule has 0 aliphatic carbocycles. The molecule has 1 rings (SSSR count). The van der Waals surface area contributed by atoms with Gasteiger partial charge in [-0.1, -0.05) is 34.8 Å². The standard InChI is InChI=1S/C13H11Cl3N2O2/c1-6-4-9(8(3)19)11(10(5-17)7(6)2)18-12(20)13(14,15)16/h4H,1-3H3,(H,18,20). The lowest BCUT2D eigenvalue weighted by atomic mass is 9.95. The van der Waals surface area contributed by atoms with Crippen LogP contribution in [0.1, 0.15) is 34.0 Å². The quantitative estimate of drug-likeness (QED) is 0.663. The highest BCUT2D eigenvalue weighted by Crippen LogP contribution is 2.32. The Hall–Kier alpha value is -1.28. The first-order valence-electron chi connectivity index (χ1n) is 5.53. The SMILES string of the molecule is CC(=O)c1cc(C)c(C)c(C#N)c1NC(=O)C(Cl)(Cl)Cl. The summed E-state index contributed by atoms with van der Waals surface area (Å²) in [5.41, 5.74) is 1.86. The van der Waals surface area contributed by atoms with Crippen molar-refractivity contribution in [3.8, 4) is 6.07 Å². The highest BCUT2D eigenvalue weighted by molar-refractivity contribution is 6.76. The minimum Gasteiger partial charge on any atom is -0.321 e. The molecule has 0 fully saturated rings. The topological polar surface area (TPSA) is 70.0 Å². The average Bonchev–Trinajstić information content (AvgIpc) is 2.32. The fraction of sp³-hybridized carbons (Fsp3) is 0.308. The van der Waals surface area contributed by atoms with E-state index in [4.69, 9.17) is 34.8 Å². The van der Waals surface area contributed by atoms with Gasteiger partial charge in [-0.25, -0.2) is 0 Å². The third kappa shape index (κ3) is 3.43. The van der Waals surface area contributed by atoms with E-state index in [2.05, 4.69) is 5.32 Å². The van der Waals surface area contributed by atoms with Crippen molar-refractivity contribution in [1.29, 1.82) is 5.26 Å². The molecule has 20 heavy (non-hydrogen) atoms. The summed E-state index contributed by atoms with van der Waals surface area (Å²) >= 11 is 16.4. The molecule has 0 spiro atoms. The number of amides is 1. The van der Waals surface area contributed by atoms with Crippen LogP contribution in [0.15, 0.2) is 6.07 Å². The lowest BCUT2D eigenvalue weighted by Gasteiger charge is -2.17. The summed E-state index contributed by atoms with van der Waals surface area (Å²) in [4.78, 5) is 23.4. The minimum absolute atomic E-state index is 0.0689. The van der Waals surface area contributed by atoms with Crippen molar-refractivity contribution in [2.75, 3.05) is 5.32 Å². The lowest BCUT2D eigenvalue weighted by molar-refractivity contribution is -0.115. The largest absolute Gasteiger partial charge is 0.321 e. The molecule has 0 aromatic heterocycles. The van der Waals surface area contributed by atoms with Crippen LogP contribution in [0.3, 0.4) is 0 Å². The van der Waals surface area contributed by atoms with Gasteiger partial charge in [0.05, 0.1) is 11.3 Å². The first kappa shape index (κ1) is 16.8. The van der Waals surface area contributed by atoms with Gasteiger partial charge in [-0.05, 0) is 38.0 Å². The molecule has 0 bridgehead atoms. The van der Waals surface area contributed by atoms with E-state index in [1.54, 1.807) is 19.9 Å². The fourth-order valence-electron chi connectivity index (χ4n) is 1.65. The number of alkyl halides is 3. The molecule has 1 amide bonds. The van der Waals surface area contributed by atoms with Crippen LogP contribution in [-0.4, -0.2) is 15.5 Å². The summed E-state index contributed by atoms with van der Waals surface area (Å²) in [6.07, 6.45) is 0. The number of hydrogen-bond acceptors (Lipinski definition) is 3. The molecular weight excluding hydrogens is 323 g/mol. The number of anilines is 1. The van der Waals surface area contributed by atoms with Gasteiger partial charge in [0.2, 0.25) is 0 Å². The number of hydrogen-bond donors (Lipinski definition) is 1. The Bertz CT molecular complexity index is 628. The van der Waals surface area contributed by atoms with Crippen LogP contribution < -0.4 is 5.32 Å². The lowest BCUT2D eigenvalue weighted by Crippen LogP contribution is -2.28. The molecule has 0 unspecified atom stereocenters. The number of nitrogens with zero attached hydrogens (tertiary/aromatic N) is 1. The number of Topliss-reactive ketones (excluding diaryl/α,β-unsaturated/α-hetero) is 1. The van der Waals surface area contributed by atoms with Crippen LogP contribution in [0.4, 0.5) is 5.69 Å². The van der Waals surface area contributed by atoms with Crippen LogP contribution in [-0.2, 0) is 4.79 Å². The van der Waals surface area contributed by atoms with Crippen LogP contribution in [0.5, 0.6) is 0 Å². The number of rotatable bonds is 2. The molecule has 1 aromatic rings. The molecule has 0 heterocycles. The van der Waals surface area contributed by atoms with E-state index in [1.165, 1.54) is 6.92 Å². The average molecular weight is 334 g/mol. The van der Waals surface area contributed by atoms with Crippen LogP contribution in [0, 0.1) is 25.2 Å². The third-order valence-corrected chi connectivity index (χ3v) is 3.35. The summed E-state index contributed by atoms with van der Waals surface area (Å²) in [5.74, 6) is -1.23. The van der Waals surface area contributed by atoms with Gasteiger partial charge in [0.25, 0.3) is 9.70 Å². The summed E-state index contributed by atoms with van der Waals surface area (Å²) in [5, 5.41) is 11.6. The Labute approximate surface area is 131 Å². The normalized spacial score (nSPS) is 10.8. The number of carbonyl (C=O) groups excluding carboxylic acids is 2. The van der Waals surface area contributed by atoms with Gasteiger partial charge in [-0.2, -0.15) is 5.26 Å². The van der Waals surface area contributed by atoms with E-state index in [-0.39, 0.29) is 22.6 Å². The fourth-order valence-corrected chi connectivity index (χ4v) is 1.79. The van der Waals surface area contributed by atoms with Gasteiger partial charge in [0, 0.05) is 5.56 Å².